The molecule has 1 aromatic carbocycles. The van der Waals surface area contributed by atoms with Gasteiger partial charge in [-0.05, 0) is 35.8 Å². The van der Waals surface area contributed by atoms with E-state index in [-0.39, 0.29) is 5.97 Å². The largest absolute Gasteiger partial charge is 0.493 e. The van der Waals surface area contributed by atoms with E-state index < -0.39 is 0 Å². The first-order chi connectivity index (χ1) is 8.62. The Morgan fingerprint density at radius 3 is 2.28 bits per heavy atom. The van der Waals surface area contributed by atoms with Crippen molar-refractivity contribution < 1.29 is 19.0 Å². The first kappa shape index (κ1) is 12.5. The molecule has 1 aliphatic rings. The summed E-state index contributed by atoms with van der Waals surface area (Å²) >= 11 is 0. The van der Waals surface area contributed by atoms with E-state index in [4.69, 9.17) is 14.2 Å². The van der Waals surface area contributed by atoms with Gasteiger partial charge in [-0.25, -0.2) is 4.79 Å². The molecule has 0 heterocycles. The van der Waals surface area contributed by atoms with Crippen LogP contribution in [0.25, 0.3) is 5.57 Å². The SMILES string of the molecule is COC(=O)C1=C(C)c2cc(OC)c(OC)cc2C1. The van der Waals surface area contributed by atoms with Gasteiger partial charge >= 0.3 is 5.97 Å². The molecule has 0 aromatic heterocycles. The Bertz CT molecular complexity index is 529. The van der Waals surface area contributed by atoms with Gasteiger partial charge in [0.2, 0.25) is 0 Å². The Labute approximate surface area is 106 Å². The van der Waals surface area contributed by atoms with Crippen molar-refractivity contribution in [1.29, 1.82) is 0 Å². The van der Waals surface area contributed by atoms with E-state index in [0.717, 1.165) is 16.7 Å². The zero-order chi connectivity index (χ0) is 13.3. The lowest BCUT2D eigenvalue weighted by molar-refractivity contribution is -0.136. The van der Waals surface area contributed by atoms with Crippen molar-refractivity contribution in [3.05, 3.63) is 28.8 Å². The normalized spacial score (nSPS) is 13.3. The van der Waals surface area contributed by atoms with Crippen molar-refractivity contribution in [1.82, 2.24) is 0 Å². The third kappa shape index (κ3) is 1.83. The summed E-state index contributed by atoms with van der Waals surface area (Å²) in [6.45, 7) is 1.92. The van der Waals surface area contributed by atoms with Gasteiger partial charge in [0.1, 0.15) is 0 Å². The van der Waals surface area contributed by atoms with Crippen LogP contribution in [0.3, 0.4) is 0 Å². The van der Waals surface area contributed by atoms with E-state index in [1.54, 1.807) is 14.2 Å². The summed E-state index contributed by atoms with van der Waals surface area (Å²) in [6.07, 6.45) is 0.578. The average Bonchev–Trinajstić information content (AvgIpc) is 2.73. The molecule has 0 saturated heterocycles. The van der Waals surface area contributed by atoms with Crippen LogP contribution >= 0.6 is 0 Å². The van der Waals surface area contributed by atoms with Crippen molar-refractivity contribution in [2.24, 2.45) is 0 Å². The van der Waals surface area contributed by atoms with Crippen LogP contribution < -0.4 is 9.47 Å². The van der Waals surface area contributed by atoms with Crippen molar-refractivity contribution >= 4 is 11.5 Å². The molecule has 0 fully saturated rings. The summed E-state index contributed by atoms with van der Waals surface area (Å²) in [4.78, 5) is 11.7. The smallest absolute Gasteiger partial charge is 0.334 e. The van der Waals surface area contributed by atoms with Gasteiger partial charge in [0.05, 0.1) is 21.3 Å². The van der Waals surface area contributed by atoms with E-state index >= 15 is 0 Å². The Hall–Kier alpha value is -1.97. The summed E-state index contributed by atoms with van der Waals surface area (Å²) in [5, 5.41) is 0. The maximum atomic E-state index is 11.7. The lowest BCUT2D eigenvalue weighted by atomic mass is 10.1. The predicted octanol–water partition coefficient (Wildman–Crippen LogP) is 2.21. The molecule has 0 unspecified atom stereocenters. The van der Waals surface area contributed by atoms with Gasteiger partial charge in [0.15, 0.2) is 11.5 Å². The van der Waals surface area contributed by atoms with Crippen LogP contribution in [0.2, 0.25) is 0 Å². The highest BCUT2D eigenvalue weighted by atomic mass is 16.5. The minimum absolute atomic E-state index is 0.276. The number of fused-ring (bicyclic) bond motifs is 1. The third-order valence-corrected chi connectivity index (χ3v) is 3.27. The highest BCUT2D eigenvalue weighted by Crippen LogP contribution is 2.40. The van der Waals surface area contributed by atoms with Gasteiger partial charge in [0, 0.05) is 12.0 Å². The molecule has 4 heteroatoms. The molecule has 1 aliphatic carbocycles. The average molecular weight is 248 g/mol. The number of esters is 1. The maximum Gasteiger partial charge on any atom is 0.334 e. The second kappa shape index (κ2) is 4.72. The van der Waals surface area contributed by atoms with Crippen LogP contribution in [-0.4, -0.2) is 27.3 Å². The van der Waals surface area contributed by atoms with Crippen LogP contribution in [0.5, 0.6) is 11.5 Å². The van der Waals surface area contributed by atoms with E-state index in [0.29, 0.717) is 23.5 Å². The second-order valence-electron chi connectivity index (χ2n) is 4.14. The predicted molar refractivity (Wildman–Crippen MR) is 67.9 cm³/mol. The van der Waals surface area contributed by atoms with Gasteiger partial charge < -0.3 is 14.2 Å². The fourth-order valence-corrected chi connectivity index (χ4v) is 2.25. The molecular weight excluding hydrogens is 232 g/mol. The quantitative estimate of drug-likeness (QED) is 0.769. The minimum atomic E-state index is -0.276. The molecule has 96 valence electrons. The van der Waals surface area contributed by atoms with E-state index in [1.807, 2.05) is 19.1 Å². The van der Waals surface area contributed by atoms with E-state index in [9.17, 15) is 4.79 Å². The molecule has 0 spiro atoms. The van der Waals surface area contributed by atoms with Crippen molar-refractivity contribution in [2.45, 2.75) is 13.3 Å². The zero-order valence-electron chi connectivity index (χ0n) is 11.0. The molecule has 2 rings (SSSR count). The number of carbonyl (C=O) groups is 1. The Morgan fingerprint density at radius 2 is 1.72 bits per heavy atom. The molecular formula is C14H16O4. The summed E-state index contributed by atoms with van der Waals surface area (Å²) in [6, 6.07) is 3.81. The molecule has 0 amide bonds. The standard InChI is InChI=1S/C14H16O4/c1-8-10-7-13(17-3)12(16-2)6-9(10)5-11(8)14(15)18-4/h6-7H,5H2,1-4H3. The molecule has 18 heavy (non-hydrogen) atoms. The Balaban J connectivity index is 2.49. The van der Waals surface area contributed by atoms with Crippen LogP contribution in [-0.2, 0) is 16.0 Å². The second-order valence-corrected chi connectivity index (χ2v) is 4.14. The van der Waals surface area contributed by atoms with Crippen LogP contribution in [0.15, 0.2) is 17.7 Å². The van der Waals surface area contributed by atoms with Crippen LogP contribution in [0, 0.1) is 0 Å². The highest BCUT2D eigenvalue weighted by molar-refractivity contribution is 6.00. The molecule has 0 N–H and O–H groups in total. The maximum absolute atomic E-state index is 11.7. The summed E-state index contributed by atoms with van der Waals surface area (Å²) in [5.74, 6) is 1.07. The lowest BCUT2D eigenvalue weighted by Gasteiger charge is -2.10. The van der Waals surface area contributed by atoms with Crippen molar-refractivity contribution in [3.8, 4) is 11.5 Å². The molecule has 1 aromatic rings. The number of methoxy groups -OCH3 is 3. The number of carbonyl (C=O) groups excluding carboxylic acids is 1. The molecule has 0 atom stereocenters. The first-order valence-corrected chi connectivity index (χ1v) is 5.65. The number of benzene rings is 1. The van der Waals surface area contributed by atoms with E-state index in [2.05, 4.69) is 0 Å². The van der Waals surface area contributed by atoms with E-state index in [1.165, 1.54) is 7.11 Å². The van der Waals surface area contributed by atoms with Gasteiger partial charge in [-0.3, -0.25) is 0 Å². The first-order valence-electron chi connectivity index (χ1n) is 5.65. The monoisotopic (exact) mass is 248 g/mol. The van der Waals surface area contributed by atoms with Crippen LogP contribution in [0.4, 0.5) is 0 Å². The van der Waals surface area contributed by atoms with Crippen LogP contribution in [0.1, 0.15) is 18.1 Å². The summed E-state index contributed by atoms with van der Waals surface area (Å²) < 4.78 is 15.3. The van der Waals surface area contributed by atoms with Gasteiger partial charge in [-0.1, -0.05) is 0 Å². The number of hydrogen-bond acceptors (Lipinski definition) is 4. The Kier molecular flexibility index (Phi) is 3.28. The lowest BCUT2D eigenvalue weighted by Crippen LogP contribution is -2.05. The third-order valence-electron chi connectivity index (χ3n) is 3.27. The van der Waals surface area contributed by atoms with Gasteiger partial charge in [0.25, 0.3) is 0 Å². The molecule has 0 bridgehead atoms. The topological polar surface area (TPSA) is 44.8 Å². The number of rotatable bonds is 3. The molecule has 0 saturated carbocycles. The molecule has 0 aliphatic heterocycles. The summed E-state index contributed by atoms with van der Waals surface area (Å²) in [5.41, 5.74) is 3.72. The molecule has 0 radical (unpaired) electrons. The van der Waals surface area contributed by atoms with Gasteiger partial charge in [-0.2, -0.15) is 0 Å². The van der Waals surface area contributed by atoms with Gasteiger partial charge in [-0.15, -0.1) is 0 Å². The highest BCUT2D eigenvalue weighted by Gasteiger charge is 2.26. The fourth-order valence-electron chi connectivity index (χ4n) is 2.25. The number of ether oxygens (including phenoxy) is 3. The minimum Gasteiger partial charge on any atom is -0.493 e. The number of allylic oxidation sites excluding steroid dienone is 1. The fraction of sp³-hybridized carbons (Fsp3) is 0.357. The Morgan fingerprint density at radius 1 is 1.11 bits per heavy atom. The van der Waals surface area contributed by atoms with Crippen molar-refractivity contribution in [2.75, 3.05) is 21.3 Å². The zero-order valence-corrected chi connectivity index (χ0v) is 11.0. The molecule has 4 nitrogen and oxygen atoms in total. The number of hydrogen-bond donors (Lipinski definition) is 0. The summed E-state index contributed by atoms with van der Waals surface area (Å²) in [7, 11) is 4.59. The van der Waals surface area contributed by atoms with Crippen molar-refractivity contribution in [3.63, 3.8) is 0 Å².